The van der Waals surface area contributed by atoms with Gasteiger partial charge in [-0.1, -0.05) is 13.8 Å². The number of halogens is 1. The van der Waals surface area contributed by atoms with Crippen LogP contribution < -0.4 is 5.32 Å². The summed E-state index contributed by atoms with van der Waals surface area (Å²) in [5.74, 6) is 0.786. The minimum atomic E-state index is -0.00326. The molecular formula is C17H22BrNO2. The maximum atomic E-state index is 12.6. The highest BCUT2D eigenvalue weighted by molar-refractivity contribution is 9.10. The lowest BCUT2D eigenvalue weighted by atomic mass is 9.43. The number of amides is 1. The average molecular weight is 352 g/mol. The van der Waals surface area contributed by atoms with E-state index in [1.165, 1.54) is 19.3 Å². The maximum absolute atomic E-state index is 12.6. The van der Waals surface area contributed by atoms with Gasteiger partial charge in [0.1, 0.15) is 0 Å². The monoisotopic (exact) mass is 351 g/mol. The van der Waals surface area contributed by atoms with Crippen molar-refractivity contribution in [2.75, 3.05) is 0 Å². The molecule has 0 aliphatic heterocycles. The molecule has 0 aromatic carbocycles. The van der Waals surface area contributed by atoms with E-state index in [-0.39, 0.29) is 11.4 Å². The van der Waals surface area contributed by atoms with Crippen molar-refractivity contribution in [1.82, 2.24) is 5.32 Å². The Kier molecular flexibility index (Phi) is 2.74. The first-order valence-electron chi connectivity index (χ1n) is 7.86. The molecule has 4 aliphatic carbocycles. The number of hydrogen-bond donors (Lipinski definition) is 1. The van der Waals surface area contributed by atoms with Gasteiger partial charge in [0.2, 0.25) is 0 Å². The van der Waals surface area contributed by atoms with E-state index in [9.17, 15) is 4.79 Å². The lowest BCUT2D eigenvalue weighted by Gasteiger charge is -2.65. The van der Waals surface area contributed by atoms with Gasteiger partial charge in [-0.25, -0.2) is 0 Å². The number of hydrogen-bond acceptors (Lipinski definition) is 2. The summed E-state index contributed by atoms with van der Waals surface area (Å²) in [6.07, 6.45) is 8.98. The Morgan fingerprint density at radius 3 is 2.43 bits per heavy atom. The molecule has 0 spiro atoms. The van der Waals surface area contributed by atoms with Crippen LogP contribution in [0.4, 0.5) is 0 Å². The van der Waals surface area contributed by atoms with E-state index in [1.54, 1.807) is 12.3 Å². The predicted octanol–water partition coefficient (Wildman–Crippen LogP) is 4.52. The van der Waals surface area contributed by atoms with Crippen molar-refractivity contribution in [1.29, 1.82) is 0 Å². The van der Waals surface area contributed by atoms with Gasteiger partial charge in [-0.2, -0.15) is 0 Å². The van der Waals surface area contributed by atoms with Crippen molar-refractivity contribution in [3.63, 3.8) is 0 Å². The Hall–Kier alpha value is -0.770. The van der Waals surface area contributed by atoms with Gasteiger partial charge in [0.15, 0.2) is 4.67 Å². The molecule has 4 saturated carbocycles. The molecule has 1 amide bonds. The van der Waals surface area contributed by atoms with Gasteiger partial charge in [-0.3, -0.25) is 4.79 Å². The van der Waals surface area contributed by atoms with Crippen molar-refractivity contribution in [3.8, 4) is 0 Å². The molecule has 114 valence electrons. The molecule has 4 fully saturated rings. The molecule has 0 saturated heterocycles. The van der Waals surface area contributed by atoms with Crippen LogP contribution in [0.25, 0.3) is 0 Å². The Morgan fingerprint density at radius 1 is 1.24 bits per heavy atom. The van der Waals surface area contributed by atoms with E-state index >= 15 is 0 Å². The molecule has 1 aromatic heterocycles. The fourth-order valence-electron chi connectivity index (χ4n) is 6.35. The van der Waals surface area contributed by atoms with Gasteiger partial charge in [-0.05, 0) is 77.3 Å². The van der Waals surface area contributed by atoms with Crippen LogP contribution in [0, 0.1) is 16.7 Å². The van der Waals surface area contributed by atoms with Gasteiger partial charge in [0.05, 0.1) is 11.8 Å². The molecule has 1 aromatic rings. The first-order valence-corrected chi connectivity index (χ1v) is 8.65. The zero-order valence-corrected chi connectivity index (χ0v) is 14.3. The first kappa shape index (κ1) is 13.9. The number of nitrogens with one attached hydrogen (secondary N) is 1. The summed E-state index contributed by atoms with van der Waals surface area (Å²) in [7, 11) is 0. The second-order valence-electron chi connectivity index (χ2n) is 8.47. The summed E-state index contributed by atoms with van der Waals surface area (Å²) in [5, 5.41) is 3.39. The predicted molar refractivity (Wildman–Crippen MR) is 84.0 cm³/mol. The van der Waals surface area contributed by atoms with E-state index < -0.39 is 0 Å². The minimum Gasteiger partial charge on any atom is -0.457 e. The van der Waals surface area contributed by atoms with E-state index in [1.807, 2.05) is 0 Å². The maximum Gasteiger partial charge on any atom is 0.256 e. The summed E-state index contributed by atoms with van der Waals surface area (Å²) >= 11 is 3.31. The lowest BCUT2D eigenvalue weighted by molar-refractivity contribution is -0.114. The Balaban J connectivity index is 1.63. The summed E-state index contributed by atoms with van der Waals surface area (Å²) in [4.78, 5) is 12.6. The smallest absolute Gasteiger partial charge is 0.256 e. The van der Waals surface area contributed by atoms with E-state index in [0.717, 1.165) is 25.2 Å². The van der Waals surface area contributed by atoms with E-state index in [4.69, 9.17) is 4.42 Å². The zero-order chi connectivity index (χ0) is 14.9. The molecule has 4 heteroatoms. The minimum absolute atomic E-state index is 0.00326. The topological polar surface area (TPSA) is 42.2 Å². The van der Waals surface area contributed by atoms with Crippen LogP contribution in [0.5, 0.6) is 0 Å². The fourth-order valence-corrected chi connectivity index (χ4v) is 6.77. The van der Waals surface area contributed by atoms with Crippen LogP contribution in [-0.2, 0) is 0 Å². The summed E-state index contributed by atoms with van der Waals surface area (Å²) in [6.45, 7) is 4.84. The third-order valence-corrected chi connectivity index (χ3v) is 6.48. The van der Waals surface area contributed by atoms with Crippen molar-refractivity contribution in [2.24, 2.45) is 16.7 Å². The molecule has 3 nitrogen and oxygen atoms in total. The summed E-state index contributed by atoms with van der Waals surface area (Å²) in [5.41, 5.74) is 1.43. The van der Waals surface area contributed by atoms with E-state index in [0.29, 0.717) is 21.1 Å². The van der Waals surface area contributed by atoms with Crippen molar-refractivity contribution < 1.29 is 9.21 Å². The molecule has 0 radical (unpaired) electrons. The molecule has 2 atom stereocenters. The molecule has 1 N–H and O–H groups in total. The quantitative estimate of drug-likeness (QED) is 0.850. The van der Waals surface area contributed by atoms with Crippen LogP contribution >= 0.6 is 15.9 Å². The molecule has 1 heterocycles. The lowest BCUT2D eigenvalue weighted by Crippen LogP contribution is -2.65. The van der Waals surface area contributed by atoms with Crippen LogP contribution in [0.1, 0.15) is 62.7 Å². The van der Waals surface area contributed by atoms with Gasteiger partial charge in [0, 0.05) is 5.54 Å². The van der Waals surface area contributed by atoms with Crippen LogP contribution in [0.2, 0.25) is 0 Å². The third kappa shape index (κ3) is 2.18. The largest absolute Gasteiger partial charge is 0.457 e. The second kappa shape index (κ2) is 4.15. The highest BCUT2D eigenvalue weighted by Gasteiger charge is 2.60. The molecule has 2 unspecified atom stereocenters. The van der Waals surface area contributed by atoms with Gasteiger partial charge < -0.3 is 9.73 Å². The first-order chi connectivity index (χ1) is 9.81. The van der Waals surface area contributed by atoms with Crippen LogP contribution in [0.3, 0.4) is 0 Å². The van der Waals surface area contributed by atoms with Crippen LogP contribution in [-0.4, -0.2) is 11.4 Å². The molecule has 21 heavy (non-hydrogen) atoms. The number of carbonyl (C=O) groups excluding carboxylic acids is 1. The van der Waals surface area contributed by atoms with Crippen molar-refractivity contribution in [3.05, 3.63) is 22.6 Å². The SMILES string of the molecule is CC12CC3CC(C)(C1)CC(NC(=O)c1ccoc1Br)(C3)C2. The number of furan rings is 1. The zero-order valence-electron chi connectivity index (χ0n) is 12.7. The Bertz CT molecular complexity index is 590. The Labute approximate surface area is 134 Å². The van der Waals surface area contributed by atoms with Crippen LogP contribution in [0.15, 0.2) is 21.4 Å². The Morgan fingerprint density at radius 2 is 1.90 bits per heavy atom. The number of rotatable bonds is 2. The molecular weight excluding hydrogens is 330 g/mol. The summed E-state index contributed by atoms with van der Waals surface area (Å²) in [6, 6.07) is 1.74. The molecule has 5 rings (SSSR count). The fraction of sp³-hybridized carbons (Fsp3) is 0.706. The highest BCUT2D eigenvalue weighted by atomic mass is 79.9. The molecule has 4 bridgehead atoms. The highest BCUT2D eigenvalue weighted by Crippen LogP contribution is 2.66. The normalized spacial score (nSPS) is 44.0. The van der Waals surface area contributed by atoms with Crippen molar-refractivity contribution in [2.45, 2.75) is 57.9 Å². The van der Waals surface area contributed by atoms with Crippen molar-refractivity contribution >= 4 is 21.8 Å². The number of carbonyl (C=O) groups is 1. The second-order valence-corrected chi connectivity index (χ2v) is 9.19. The van der Waals surface area contributed by atoms with E-state index in [2.05, 4.69) is 35.1 Å². The third-order valence-electron chi connectivity index (χ3n) is 5.87. The standard InChI is InChI=1S/C17H22BrNO2/c1-15-5-11-6-16(2,8-15)10-17(7-11,9-15)19-14(20)12-3-4-21-13(12)18/h3-4,11H,5-10H2,1-2H3,(H,19,20). The average Bonchev–Trinajstić information content (AvgIpc) is 2.69. The molecule has 4 aliphatic rings. The van der Waals surface area contributed by atoms with Gasteiger partial charge in [-0.15, -0.1) is 0 Å². The summed E-state index contributed by atoms with van der Waals surface area (Å²) < 4.78 is 5.73. The van der Waals surface area contributed by atoms with Gasteiger partial charge >= 0.3 is 0 Å². The van der Waals surface area contributed by atoms with Gasteiger partial charge in [0.25, 0.3) is 5.91 Å².